The number of halogens is 1. The van der Waals surface area contributed by atoms with E-state index in [0.717, 1.165) is 38.2 Å². The van der Waals surface area contributed by atoms with Crippen molar-refractivity contribution < 1.29 is 4.39 Å². The Bertz CT molecular complexity index is 380. The SMILES string of the molecule is CCC1(C)CN(Cc2cccc(F)c2)CCN1. The van der Waals surface area contributed by atoms with Crippen LogP contribution < -0.4 is 5.32 Å². The fourth-order valence-electron chi connectivity index (χ4n) is 2.41. The van der Waals surface area contributed by atoms with Crippen LogP contribution in [0.4, 0.5) is 4.39 Å². The van der Waals surface area contributed by atoms with E-state index in [1.807, 2.05) is 6.07 Å². The average Bonchev–Trinajstić information content (AvgIpc) is 2.29. The quantitative estimate of drug-likeness (QED) is 0.867. The molecule has 1 aliphatic rings. The molecule has 1 aromatic carbocycles. The first-order valence-corrected chi connectivity index (χ1v) is 6.33. The van der Waals surface area contributed by atoms with Crippen LogP contribution in [0.2, 0.25) is 0 Å². The molecule has 94 valence electrons. The van der Waals surface area contributed by atoms with Crippen molar-refractivity contribution in [1.29, 1.82) is 0 Å². The van der Waals surface area contributed by atoms with Gasteiger partial charge in [-0.15, -0.1) is 0 Å². The number of nitrogens with zero attached hydrogens (tertiary/aromatic N) is 1. The lowest BCUT2D eigenvalue weighted by Gasteiger charge is -2.41. The first-order chi connectivity index (χ1) is 8.11. The van der Waals surface area contributed by atoms with Gasteiger partial charge in [-0.2, -0.15) is 0 Å². The highest BCUT2D eigenvalue weighted by atomic mass is 19.1. The molecule has 1 saturated heterocycles. The maximum atomic E-state index is 13.1. The van der Waals surface area contributed by atoms with Gasteiger partial charge in [0, 0.05) is 31.7 Å². The van der Waals surface area contributed by atoms with Gasteiger partial charge in [0.1, 0.15) is 5.82 Å². The van der Waals surface area contributed by atoms with Crippen LogP contribution in [0.1, 0.15) is 25.8 Å². The molecule has 0 saturated carbocycles. The third-order valence-corrected chi connectivity index (χ3v) is 3.63. The zero-order valence-corrected chi connectivity index (χ0v) is 10.7. The van der Waals surface area contributed by atoms with Gasteiger partial charge < -0.3 is 5.32 Å². The van der Waals surface area contributed by atoms with Crippen LogP contribution in [0, 0.1) is 5.82 Å². The Balaban J connectivity index is 1.99. The van der Waals surface area contributed by atoms with Crippen molar-refractivity contribution in [3.8, 4) is 0 Å². The smallest absolute Gasteiger partial charge is 0.123 e. The minimum atomic E-state index is -0.143. The topological polar surface area (TPSA) is 15.3 Å². The fourth-order valence-corrected chi connectivity index (χ4v) is 2.41. The second-order valence-electron chi connectivity index (χ2n) is 5.18. The Morgan fingerprint density at radius 3 is 3.00 bits per heavy atom. The van der Waals surface area contributed by atoms with Crippen molar-refractivity contribution in [2.45, 2.75) is 32.4 Å². The molecule has 1 aliphatic heterocycles. The second kappa shape index (κ2) is 5.15. The molecule has 1 N–H and O–H groups in total. The van der Waals surface area contributed by atoms with Gasteiger partial charge in [0.15, 0.2) is 0 Å². The summed E-state index contributed by atoms with van der Waals surface area (Å²) in [5.41, 5.74) is 1.26. The lowest BCUT2D eigenvalue weighted by Crippen LogP contribution is -2.58. The second-order valence-corrected chi connectivity index (χ2v) is 5.18. The summed E-state index contributed by atoms with van der Waals surface area (Å²) in [6.45, 7) is 8.38. The number of nitrogens with one attached hydrogen (secondary N) is 1. The van der Waals surface area contributed by atoms with E-state index in [-0.39, 0.29) is 11.4 Å². The van der Waals surface area contributed by atoms with Crippen molar-refractivity contribution in [2.75, 3.05) is 19.6 Å². The third-order valence-electron chi connectivity index (χ3n) is 3.63. The maximum Gasteiger partial charge on any atom is 0.123 e. The van der Waals surface area contributed by atoms with E-state index in [2.05, 4.69) is 24.1 Å². The van der Waals surface area contributed by atoms with E-state index < -0.39 is 0 Å². The molecule has 17 heavy (non-hydrogen) atoms. The fraction of sp³-hybridized carbons (Fsp3) is 0.571. The van der Waals surface area contributed by atoms with E-state index in [9.17, 15) is 4.39 Å². The predicted octanol–water partition coefficient (Wildman–Crippen LogP) is 2.40. The van der Waals surface area contributed by atoms with Gasteiger partial charge in [-0.25, -0.2) is 4.39 Å². The Morgan fingerprint density at radius 2 is 2.29 bits per heavy atom. The molecule has 0 bridgehead atoms. The van der Waals surface area contributed by atoms with Crippen molar-refractivity contribution in [1.82, 2.24) is 10.2 Å². The number of hydrogen-bond donors (Lipinski definition) is 1. The molecule has 1 fully saturated rings. The molecular formula is C14H21FN2. The summed E-state index contributed by atoms with van der Waals surface area (Å²) in [6, 6.07) is 6.91. The summed E-state index contributed by atoms with van der Waals surface area (Å²) in [7, 11) is 0. The zero-order chi connectivity index (χ0) is 12.3. The van der Waals surface area contributed by atoms with Crippen LogP contribution >= 0.6 is 0 Å². The molecule has 0 amide bonds. The molecule has 0 aliphatic carbocycles. The Labute approximate surface area is 103 Å². The first kappa shape index (κ1) is 12.5. The van der Waals surface area contributed by atoms with Crippen molar-refractivity contribution in [2.24, 2.45) is 0 Å². The Morgan fingerprint density at radius 1 is 1.47 bits per heavy atom. The Hall–Kier alpha value is -0.930. The third kappa shape index (κ3) is 3.27. The van der Waals surface area contributed by atoms with E-state index >= 15 is 0 Å². The van der Waals surface area contributed by atoms with Gasteiger partial charge in [-0.05, 0) is 31.0 Å². The van der Waals surface area contributed by atoms with Gasteiger partial charge >= 0.3 is 0 Å². The van der Waals surface area contributed by atoms with Crippen LogP contribution in [0.25, 0.3) is 0 Å². The van der Waals surface area contributed by atoms with Gasteiger partial charge in [-0.3, -0.25) is 4.90 Å². The summed E-state index contributed by atoms with van der Waals surface area (Å²) < 4.78 is 13.1. The largest absolute Gasteiger partial charge is 0.309 e. The summed E-state index contributed by atoms with van der Waals surface area (Å²) in [5, 5.41) is 3.56. The minimum absolute atomic E-state index is 0.143. The highest BCUT2D eigenvalue weighted by Gasteiger charge is 2.28. The molecule has 1 unspecified atom stereocenters. The van der Waals surface area contributed by atoms with E-state index in [1.54, 1.807) is 12.1 Å². The van der Waals surface area contributed by atoms with Gasteiger partial charge in [0.05, 0.1) is 0 Å². The highest BCUT2D eigenvalue weighted by Crippen LogP contribution is 2.17. The lowest BCUT2D eigenvalue weighted by molar-refractivity contribution is 0.133. The molecule has 2 nitrogen and oxygen atoms in total. The van der Waals surface area contributed by atoms with Crippen LogP contribution in [-0.4, -0.2) is 30.1 Å². The van der Waals surface area contributed by atoms with Crippen molar-refractivity contribution >= 4 is 0 Å². The first-order valence-electron chi connectivity index (χ1n) is 6.33. The van der Waals surface area contributed by atoms with E-state index in [1.165, 1.54) is 6.07 Å². The maximum absolute atomic E-state index is 13.1. The molecule has 3 heteroatoms. The zero-order valence-electron chi connectivity index (χ0n) is 10.7. The monoisotopic (exact) mass is 236 g/mol. The van der Waals surface area contributed by atoms with Crippen LogP contribution in [0.5, 0.6) is 0 Å². The van der Waals surface area contributed by atoms with Crippen LogP contribution in [0.3, 0.4) is 0 Å². The summed E-state index contributed by atoms with van der Waals surface area (Å²) in [4.78, 5) is 2.40. The predicted molar refractivity (Wildman–Crippen MR) is 68.4 cm³/mol. The van der Waals surface area contributed by atoms with Gasteiger partial charge in [-0.1, -0.05) is 19.1 Å². The summed E-state index contributed by atoms with van der Waals surface area (Å²) in [6.07, 6.45) is 1.12. The number of rotatable bonds is 3. The normalized spacial score (nSPS) is 26.1. The molecule has 1 aromatic rings. The van der Waals surface area contributed by atoms with Gasteiger partial charge in [0.25, 0.3) is 0 Å². The molecule has 1 atom stereocenters. The molecule has 0 aromatic heterocycles. The number of hydrogen-bond acceptors (Lipinski definition) is 2. The molecule has 0 spiro atoms. The molecular weight excluding hydrogens is 215 g/mol. The van der Waals surface area contributed by atoms with Gasteiger partial charge in [0.2, 0.25) is 0 Å². The minimum Gasteiger partial charge on any atom is -0.309 e. The molecule has 0 radical (unpaired) electrons. The summed E-state index contributed by atoms with van der Waals surface area (Å²) in [5.74, 6) is -0.143. The Kier molecular flexibility index (Phi) is 3.79. The highest BCUT2D eigenvalue weighted by molar-refractivity contribution is 5.16. The van der Waals surface area contributed by atoms with Crippen molar-refractivity contribution in [3.63, 3.8) is 0 Å². The standard InChI is InChI=1S/C14H21FN2/c1-3-14(2)11-17(8-7-16-14)10-12-5-4-6-13(15)9-12/h4-6,9,16H,3,7-8,10-11H2,1-2H3. The molecule has 2 rings (SSSR count). The average molecular weight is 236 g/mol. The number of piperazine rings is 1. The lowest BCUT2D eigenvalue weighted by atomic mass is 9.95. The summed E-state index contributed by atoms with van der Waals surface area (Å²) >= 11 is 0. The molecule has 1 heterocycles. The van der Waals surface area contributed by atoms with E-state index in [4.69, 9.17) is 0 Å². The number of benzene rings is 1. The van der Waals surface area contributed by atoms with Crippen LogP contribution in [0.15, 0.2) is 24.3 Å². The van der Waals surface area contributed by atoms with Crippen molar-refractivity contribution in [3.05, 3.63) is 35.6 Å². The van der Waals surface area contributed by atoms with Crippen LogP contribution in [-0.2, 0) is 6.54 Å². The van der Waals surface area contributed by atoms with E-state index in [0.29, 0.717) is 0 Å².